The highest BCUT2D eigenvalue weighted by molar-refractivity contribution is 6.52. The maximum Gasteiger partial charge on any atom is 0.343 e. The van der Waals surface area contributed by atoms with Crippen molar-refractivity contribution in [1.29, 1.82) is 0 Å². The van der Waals surface area contributed by atoms with Crippen LogP contribution in [-0.4, -0.2) is 23.4 Å². The molecule has 0 aromatic heterocycles. The number of anilines is 1. The van der Waals surface area contributed by atoms with Crippen molar-refractivity contribution in [2.24, 2.45) is 10.9 Å². The number of ether oxygens (including phenoxy) is 1. The van der Waals surface area contributed by atoms with Crippen LogP contribution in [0, 0.1) is 0 Å². The van der Waals surface area contributed by atoms with Gasteiger partial charge in [-0.05, 0) is 60.7 Å². The lowest BCUT2D eigenvalue weighted by molar-refractivity contribution is -0.114. The normalized spacial score (nSPS) is 11.0. The Kier molecular flexibility index (Phi) is 6.79. The molecule has 3 aromatic carbocycles. The molecule has 7 nitrogen and oxygen atoms in total. The summed E-state index contributed by atoms with van der Waals surface area (Å²) >= 11 is 5.85. The number of carbonyl (C=O) groups is 3. The number of hydrogen-bond acceptors (Lipinski definition) is 6. The number of carbonyl (C=O) groups excluding carboxylic acids is 3. The smallest absolute Gasteiger partial charge is 0.343 e. The Labute approximate surface area is 183 Å². The summed E-state index contributed by atoms with van der Waals surface area (Å²) in [5.41, 5.74) is 1.34. The van der Waals surface area contributed by atoms with E-state index in [0.29, 0.717) is 21.8 Å². The summed E-state index contributed by atoms with van der Waals surface area (Å²) in [4.78, 5) is 36.7. The van der Waals surface area contributed by atoms with E-state index in [-0.39, 0.29) is 22.9 Å². The summed E-state index contributed by atoms with van der Waals surface area (Å²) < 4.78 is 5.49. The highest BCUT2D eigenvalue weighted by Gasteiger charge is 2.21. The van der Waals surface area contributed by atoms with E-state index >= 15 is 0 Å². The standard InChI is InChI=1S/C23H18ClN3O4/c1-14(28)26-18-12-8-15(9-13-18)22(29)21(27-25)19-4-2-3-5-20(19)31-23(30)16-6-10-17(24)11-7-16/h2-13H,25H2,1H3,(H,26,28)/b27-21+. The van der Waals surface area contributed by atoms with E-state index in [9.17, 15) is 14.4 Å². The molecule has 0 aliphatic rings. The highest BCUT2D eigenvalue weighted by atomic mass is 35.5. The Morgan fingerprint density at radius 2 is 1.52 bits per heavy atom. The third-order valence-electron chi connectivity index (χ3n) is 4.24. The van der Waals surface area contributed by atoms with E-state index in [1.807, 2.05) is 0 Å². The van der Waals surface area contributed by atoms with Gasteiger partial charge in [0.15, 0.2) is 0 Å². The minimum atomic E-state index is -0.618. The number of hydrogen-bond donors (Lipinski definition) is 2. The fourth-order valence-corrected chi connectivity index (χ4v) is 2.92. The van der Waals surface area contributed by atoms with Crippen molar-refractivity contribution in [2.75, 3.05) is 5.32 Å². The van der Waals surface area contributed by atoms with Crippen LogP contribution in [0.3, 0.4) is 0 Å². The lowest BCUT2D eigenvalue weighted by Crippen LogP contribution is -2.20. The van der Waals surface area contributed by atoms with Crippen molar-refractivity contribution in [3.63, 3.8) is 0 Å². The summed E-state index contributed by atoms with van der Waals surface area (Å²) in [6, 6.07) is 19.0. The Morgan fingerprint density at radius 1 is 0.903 bits per heavy atom. The minimum Gasteiger partial charge on any atom is -0.422 e. The second kappa shape index (κ2) is 9.69. The van der Waals surface area contributed by atoms with Gasteiger partial charge < -0.3 is 15.9 Å². The molecule has 0 aliphatic carbocycles. The van der Waals surface area contributed by atoms with Gasteiger partial charge in [0, 0.05) is 28.8 Å². The topological polar surface area (TPSA) is 111 Å². The fourth-order valence-electron chi connectivity index (χ4n) is 2.79. The monoisotopic (exact) mass is 435 g/mol. The number of halogens is 1. The third kappa shape index (κ3) is 5.34. The van der Waals surface area contributed by atoms with Crippen LogP contribution >= 0.6 is 11.6 Å². The van der Waals surface area contributed by atoms with E-state index < -0.39 is 11.8 Å². The molecule has 156 valence electrons. The number of nitrogens with one attached hydrogen (secondary N) is 1. The fraction of sp³-hybridized carbons (Fsp3) is 0.0435. The third-order valence-corrected chi connectivity index (χ3v) is 4.49. The molecule has 3 rings (SSSR count). The van der Waals surface area contributed by atoms with Crippen molar-refractivity contribution >= 4 is 40.7 Å². The zero-order chi connectivity index (χ0) is 22.4. The first-order valence-corrected chi connectivity index (χ1v) is 9.54. The number of amides is 1. The quantitative estimate of drug-likeness (QED) is 0.151. The van der Waals surface area contributed by atoms with Crippen molar-refractivity contribution in [2.45, 2.75) is 6.92 Å². The molecule has 0 unspecified atom stereocenters. The first kappa shape index (κ1) is 21.7. The summed E-state index contributed by atoms with van der Waals surface area (Å²) in [7, 11) is 0. The number of hydrazone groups is 1. The number of rotatable bonds is 6. The van der Waals surface area contributed by atoms with Crippen LogP contribution in [0.1, 0.15) is 33.2 Å². The average Bonchev–Trinajstić information content (AvgIpc) is 2.76. The number of para-hydroxylation sites is 1. The number of nitrogens with zero attached hydrogens (tertiary/aromatic N) is 1. The lowest BCUT2D eigenvalue weighted by Gasteiger charge is -2.12. The Morgan fingerprint density at radius 3 is 2.13 bits per heavy atom. The van der Waals surface area contributed by atoms with Crippen LogP contribution in [0.2, 0.25) is 5.02 Å². The minimum absolute atomic E-state index is 0.0771. The van der Waals surface area contributed by atoms with Gasteiger partial charge in [0.2, 0.25) is 11.7 Å². The number of benzene rings is 3. The van der Waals surface area contributed by atoms with Gasteiger partial charge >= 0.3 is 5.97 Å². The molecular weight excluding hydrogens is 418 g/mol. The summed E-state index contributed by atoms with van der Waals surface area (Å²) in [5, 5.41) is 6.76. The van der Waals surface area contributed by atoms with E-state index in [2.05, 4.69) is 10.4 Å². The van der Waals surface area contributed by atoms with Gasteiger partial charge in [-0.1, -0.05) is 23.7 Å². The molecule has 8 heteroatoms. The van der Waals surface area contributed by atoms with Crippen molar-refractivity contribution in [3.8, 4) is 5.75 Å². The van der Waals surface area contributed by atoms with E-state index in [4.69, 9.17) is 22.2 Å². The van der Waals surface area contributed by atoms with E-state index in [1.54, 1.807) is 60.7 Å². The zero-order valence-corrected chi connectivity index (χ0v) is 17.2. The molecule has 0 saturated heterocycles. The molecule has 3 N–H and O–H groups in total. The SMILES string of the molecule is CC(=O)Nc1ccc(C(=O)/C(=N/N)c2ccccc2OC(=O)c2ccc(Cl)cc2)cc1. The maximum absolute atomic E-state index is 13.0. The summed E-state index contributed by atoms with van der Waals surface area (Å²) in [6.45, 7) is 1.39. The van der Waals surface area contributed by atoms with Crippen molar-refractivity contribution in [3.05, 3.63) is 94.5 Å². The first-order chi connectivity index (χ1) is 14.9. The second-order valence-electron chi connectivity index (χ2n) is 6.46. The van der Waals surface area contributed by atoms with Gasteiger partial charge in [0.25, 0.3) is 0 Å². The van der Waals surface area contributed by atoms with Crippen LogP contribution in [0.15, 0.2) is 77.9 Å². The summed E-state index contributed by atoms with van der Waals surface area (Å²) in [5.74, 6) is 4.35. The average molecular weight is 436 g/mol. The van der Waals surface area contributed by atoms with Crippen molar-refractivity contribution in [1.82, 2.24) is 0 Å². The predicted molar refractivity (Wildman–Crippen MR) is 119 cm³/mol. The number of ketones is 1. The van der Waals surface area contributed by atoms with Crippen LogP contribution in [0.5, 0.6) is 5.75 Å². The van der Waals surface area contributed by atoms with Gasteiger partial charge in [-0.15, -0.1) is 0 Å². The largest absolute Gasteiger partial charge is 0.422 e. The molecule has 0 heterocycles. The number of Topliss-reactive ketones (excluding diaryl/α,β-unsaturated/α-hetero) is 1. The van der Waals surface area contributed by atoms with Gasteiger partial charge in [0.1, 0.15) is 11.5 Å². The molecule has 0 fully saturated rings. The predicted octanol–water partition coefficient (Wildman–Crippen LogP) is 4.06. The Balaban J connectivity index is 1.87. The van der Waals surface area contributed by atoms with Crippen LogP contribution < -0.4 is 15.9 Å². The molecule has 0 atom stereocenters. The van der Waals surface area contributed by atoms with E-state index in [0.717, 1.165) is 0 Å². The van der Waals surface area contributed by atoms with Gasteiger partial charge in [-0.25, -0.2) is 4.79 Å². The maximum atomic E-state index is 13.0. The summed E-state index contributed by atoms with van der Waals surface area (Å²) in [6.07, 6.45) is 0. The Hall–Kier alpha value is -3.97. The van der Waals surface area contributed by atoms with E-state index in [1.165, 1.54) is 19.1 Å². The second-order valence-corrected chi connectivity index (χ2v) is 6.89. The molecule has 0 aliphatic heterocycles. The lowest BCUT2D eigenvalue weighted by atomic mass is 9.99. The molecule has 3 aromatic rings. The van der Waals surface area contributed by atoms with Crippen LogP contribution in [0.4, 0.5) is 5.69 Å². The molecule has 31 heavy (non-hydrogen) atoms. The van der Waals surface area contributed by atoms with Gasteiger partial charge in [-0.2, -0.15) is 5.10 Å². The zero-order valence-electron chi connectivity index (χ0n) is 16.5. The van der Waals surface area contributed by atoms with Gasteiger partial charge in [0.05, 0.1) is 5.56 Å². The first-order valence-electron chi connectivity index (χ1n) is 9.16. The Bertz CT molecular complexity index is 1160. The van der Waals surface area contributed by atoms with Crippen LogP contribution in [0.25, 0.3) is 0 Å². The highest BCUT2D eigenvalue weighted by Crippen LogP contribution is 2.23. The van der Waals surface area contributed by atoms with Crippen LogP contribution in [-0.2, 0) is 4.79 Å². The van der Waals surface area contributed by atoms with Crippen molar-refractivity contribution < 1.29 is 19.1 Å². The number of esters is 1. The molecule has 0 bridgehead atoms. The molecule has 1 amide bonds. The molecule has 0 radical (unpaired) electrons. The molecule has 0 saturated carbocycles. The molecular formula is C23H18ClN3O4. The molecule has 0 spiro atoms. The van der Waals surface area contributed by atoms with Gasteiger partial charge in [-0.3, -0.25) is 9.59 Å². The number of nitrogens with two attached hydrogens (primary N) is 1.